The number of hydrogen-bond donors (Lipinski definition) is 1. The summed E-state index contributed by atoms with van der Waals surface area (Å²) in [6, 6.07) is 8.97. The maximum absolute atomic E-state index is 12.2. The second-order valence-electron chi connectivity index (χ2n) is 5.27. The molecule has 0 spiro atoms. The maximum Gasteiger partial charge on any atom is 0.251 e. The molecule has 0 unspecified atom stereocenters. The summed E-state index contributed by atoms with van der Waals surface area (Å²) in [6.07, 6.45) is 5.59. The lowest BCUT2D eigenvalue weighted by molar-refractivity contribution is -0.129. The molecule has 114 valence electrons. The smallest absolute Gasteiger partial charge is 0.251 e. The number of benzene rings is 1. The van der Waals surface area contributed by atoms with Crippen molar-refractivity contribution in [2.45, 2.75) is 12.8 Å². The lowest BCUT2D eigenvalue weighted by Crippen LogP contribution is -2.38. The molecule has 0 aliphatic carbocycles. The molecule has 1 aromatic carbocycles. The van der Waals surface area contributed by atoms with Crippen molar-refractivity contribution in [3.8, 4) is 5.69 Å². The predicted molar refractivity (Wildman–Crippen MR) is 81.7 cm³/mol. The van der Waals surface area contributed by atoms with Crippen LogP contribution < -0.4 is 5.32 Å². The van der Waals surface area contributed by atoms with Gasteiger partial charge in [-0.2, -0.15) is 5.10 Å². The molecule has 0 saturated carbocycles. The minimum atomic E-state index is -0.249. The Morgan fingerprint density at radius 3 is 2.73 bits per heavy atom. The van der Waals surface area contributed by atoms with Crippen molar-refractivity contribution in [1.82, 2.24) is 20.0 Å². The van der Waals surface area contributed by atoms with Crippen LogP contribution in [0.25, 0.3) is 5.69 Å². The molecule has 1 N–H and O–H groups in total. The van der Waals surface area contributed by atoms with Crippen LogP contribution in [0.5, 0.6) is 0 Å². The van der Waals surface area contributed by atoms with Crippen LogP contribution in [0.4, 0.5) is 0 Å². The van der Waals surface area contributed by atoms with Gasteiger partial charge in [0.1, 0.15) is 0 Å². The minimum absolute atomic E-state index is 0.0194. The van der Waals surface area contributed by atoms with Gasteiger partial charge in [-0.3, -0.25) is 9.59 Å². The van der Waals surface area contributed by atoms with Gasteiger partial charge in [0.25, 0.3) is 5.91 Å². The molecule has 0 bridgehead atoms. The van der Waals surface area contributed by atoms with Crippen LogP contribution in [-0.2, 0) is 4.79 Å². The van der Waals surface area contributed by atoms with E-state index in [1.54, 1.807) is 34.0 Å². The van der Waals surface area contributed by atoms with E-state index in [0.29, 0.717) is 5.56 Å². The zero-order valence-corrected chi connectivity index (χ0v) is 12.2. The first kappa shape index (κ1) is 14.3. The molecule has 0 radical (unpaired) electrons. The highest BCUT2D eigenvalue weighted by atomic mass is 16.2. The van der Waals surface area contributed by atoms with Gasteiger partial charge >= 0.3 is 0 Å². The van der Waals surface area contributed by atoms with Crippen LogP contribution in [0, 0.1) is 0 Å². The van der Waals surface area contributed by atoms with E-state index in [-0.39, 0.29) is 18.4 Å². The molecule has 2 amide bonds. The van der Waals surface area contributed by atoms with Gasteiger partial charge in [-0.05, 0) is 37.1 Å². The van der Waals surface area contributed by atoms with E-state index in [0.717, 1.165) is 31.6 Å². The van der Waals surface area contributed by atoms with Gasteiger partial charge in [0.05, 0.1) is 12.2 Å². The van der Waals surface area contributed by atoms with Crippen LogP contribution in [0.1, 0.15) is 23.2 Å². The van der Waals surface area contributed by atoms with E-state index < -0.39 is 0 Å². The fraction of sp³-hybridized carbons (Fsp3) is 0.312. The second-order valence-corrected chi connectivity index (χ2v) is 5.27. The summed E-state index contributed by atoms with van der Waals surface area (Å²) in [6.45, 7) is 1.64. The van der Waals surface area contributed by atoms with E-state index in [1.165, 1.54) is 0 Å². The number of rotatable bonds is 4. The molecule has 1 fully saturated rings. The Morgan fingerprint density at radius 2 is 2.00 bits per heavy atom. The zero-order valence-electron chi connectivity index (χ0n) is 12.2. The molecule has 1 saturated heterocycles. The maximum atomic E-state index is 12.2. The van der Waals surface area contributed by atoms with Gasteiger partial charge in [0.15, 0.2) is 0 Å². The third-order valence-electron chi connectivity index (χ3n) is 3.74. The van der Waals surface area contributed by atoms with E-state index in [1.807, 2.05) is 18.3 Å². The number of carbonyl (C=O) groups excluding carboxylic acids is 2. The molecule has 22 heavy (non-hydrogen) atoms. The van der Waals surface area contributed by atoms with Crippen molar-refractivity contribution in [2.75, 3.05) is 19.6 Å². The summed E-state index contributed by atoms with van der Waals surface area (Å²) in [5.41, 5.74) is 1.32. The van der Waals surface area contributed by atoms with Crippen LogP contribution in [-0.4, -0.2) is 46.1 Å². The number of nitrogens with zero attached hydrogens (tertiary/aromatic N) is 3. The topological polar surface area (TPSA) is 67.2 Å². The summed E-state index contributed by atoms with van der Waals surface area (Å²) in [7, 11) is 0. The number of likely N-dealkylation sites (tertiary alicyclic amines) is 1. The van der Waals surface area contributed by atoms with Gasteiger partial charge in [-0.25, -0.2) is 4.68 Å². The average molecular weight is 298 g/mol. The fourth-order valence-corrected chi connectivity index (χ4v) is 2.55. The molecule has 1 aromatic heterocycles. The third-order valence-corrected chi connectivity index (χ3v) is 3.74. The van der Waals surface area contributed by atoms with E-state index in [9.17, 15) is 9.59 Å². The first-order valence-corrected chi connectivity index (χ1v) is 7.40. The molecular formula is C16H18N4O2. The van der Waals surface area contributed by atoms with Crippen molar-refractivity contribution in [1.29, 1.82) is 0 Å². The molecule has 2 heterocycles. The highest BCUT2D eigenvalue weighted by Gasteiger charge is 2.18. The summed E-state index contributed by atoms with van der Waals surface area (Å²) in [5.74, 6) is -0.268. The number of nitrogens with one attached hydrogen (secondary N) is 1. The number of aromatic nitrogens is 2. The molecule has 2 aromatic rings. The number of hydrogen-bond acceptors (Lipinski definition) is 3. The quantitative estimate of drug-likeness (QED) is 0.923. The molecule has 6 nitrogen and oxygen atoms in total. The largest absolute Gasteiger partial charge is 0.343 e. The molecule has 0 atom stereocenters. The Hall–Kier alpha value is -2.63. The lowest BCUT2D eigenvalue weighted by Gasteiger charge is -2.15. The van der Waals surface area contributed by atoms with Crippen molar-refractivity contribution in [2.24, 2.45) is 0 Å². The van der Waals surface area contributed by atoms with Gasteiger partial charge in [0, 0.05) is 31.0 Å². The van der Waals surface area contributed by atoms with Crippen molar-refractivity contribution < 1.29 is 9.59 Å². The average Bonchev–Trinajstić information content (AvgIpc) is 3.25. The first-order chi connectivity index (χ1) is 10.7. The molecule has 1 aliphatic rings. The SMILES string of the molecule is O=C(NCC(=O)N1CCCC1)c1cccc(-n2cccn2)c1. The Morgan fingerprint density at radius 1 is 1.18 bits per heavy atom. The Balaban J connectivity index is 1.62. The van der Waals surface area contributed by atoms with E-state index in [2.05, 4.69) is 10.4 Å². The lowest BCUT2D eigenvalue weighted by atomic mass is 10.2. The normalized spacial score (nSPS) is 14.1. The van der Waals surface area contributed by atoms with Gasteiger partial charge < -0.3 is 10.2 Å². The van der Waals surface area contributed by atoms with Crippen molar-refractivity contribution in [3.63, 3.8) is 0 Å². The molecule has 1 aliphatic heterocycles. The Labute approximate surface area is 128 Å². The van der Waals surface area contributed by atoms with E-state index >= 15 is 0 Å². The van der Waals surface area contributed by atoms with Crippen molar-refractivity contribution >= 4 is 11.8 Å². The second kappa shape index (κ2) is 6.43. The van der Waals surface area contributed by atoms with Gasteiger partial charge in [-0.1, -0.05) is 6.07 Å². The predicted octanol–water partition coefficient (Wildman–Crippen LogP) is 1.22. The van der Waals surface area contributed by atoms with Crippen molar-refractivity contribution in [3.05, 3.63) is 48.3 Å². The summed E-state index contributed by atoms with van der Waals surface area (Å²) >= 11 is 0. The third kappa shape index (κ3) is 3.16. The summed E-state index contributed by atoms with van der Waals surface area (Å²) in [5, 5.41) is 6.83. The first-order valence-electron chi connectivity index (χ1n) is 7.40. The Bertz CT molecular complexity index is 661. The fourth-order valence-electron chi connectivity index (χ4n) is 2.55. The summed E-state index contributed by atoms with van der Waals surface area (Å²) in [4.78, 5) is 25.9. The Kier molecular flexibility index (Phi) is 4.18. The number of amides is 2. The van der Waals surface area contributed by atoms with E-state index in [4.69, 9.17) is 0 Å². The summed E-state index contributed by atoms with van der Waals surface area (Å²) < 4.78 is 1.69. The highest BCUT2D eigenvalue weighted by molar-refractivity contribution is 5.96. The molecule has 3 rings (SSSR count). The number of carbonyl (C=O) groups is 2. The van der Waals surface area contributed by atoms with Crippen LogP contribution >= 0.6 is 0 Å². The van der Waals surface area contributed by atoms with Crippen LogP contribution in [0.2, 0.25) is 0 Å². The zero-order chi connectivity index (χ0) is 15.4. The monoisotopic (exact) mass is 298 g/mol. The highest BCUT2D eigenvalue weighted by Crippen LogP contribution is 2.10. The van der Waals surface area contributed by atoms with Crippen LogP contribution in [0.15, 0.2) is 42.7 Å². The minimum Gasteiger partial charge on any atom is -0.343 e. The van der Waals surface area contributed by atoms with Gasteiger partial charge in [-0.15, -0.1) is 0 Å². The van der Waals surface area contributed by atoms with Gasteiger partial charge in [0.2, 0.25) is 5.91 Å². The molecular weight excluding hydrogens is 280 g/mol. The standard InChI is InChI=1S/C16H18N4O2/c21-15(19-8-1-2-9-19)12-17-16(22)13-5-3-6-14(11-13)20-10-4-7-18-20/h3-7,10-11H,1-2,8-9,12H2,(H,17,22). The molecule has 6 heteroatoms. The van der Waals surface area contributed by atoms with Crippen LogP contribution in [0.3, 0.4) is 0 Å².